The van der Waals surface area contributed by atoms with Gasteiger partial charge in [0.25, 0.3) is 0 Å². The quantitative estimate of drug-likeness (QED) is 0.725. The Kier molecular flexibility index (Phi) is 5.37. The molecule has 0 saturated carbocycles. The Labute approximate surface area is 148 Å². The van der Waals surface area contributed by atoms with Crippen molar-refractivity contribution in [3.8, 4) is 11.5 Å². The van der Waals surface area contributed by atoms with E-state index in [4.69, 9.17) is 18.9 Å². The molecule has 1 aliphatic heterocycles. The molecule has 2 aromatic rings. The van der Waals surface area contributed by atoms with E-state index < -0.39 is 0 Å². The van der Waals surface area contributed by atoms with Crippen molar-refractivity contribution in [2.24, 2.45) is 0 Å². The predicted molar refractivity (Wildman–Crippen MR) is 91.4 cm³/mol. The fourth-order valence-corrected chi connectivity index (χ4v) is 2.83. The molecular weight excluding hydrogens is 376 g/mol. The van der Waals surface area contributed by atoms with E-state index in [0.29, 0.717) is 36.9 Å². The lowest BCUT2D eigenvalue weighted by atomic mass is 10.1. The van der Waals surface area contributed by atoms with Crippen molar-refractivity contribution >= 4 is 21.9 Å². The van der Waals surface area contributed by atoms with Gasteiger partial charge in [-0.15, -0.1) is 0 Å². The molecule has 0 atom stereocenters. The zero-order valence-corrected chi connectivity index (χ0v) is 14.8. The first-order chi connectivity index (χ1) is 11.7. The lowest BCUT2D eigenvalue weighted by molar-refractivity contribution is 0.0471. The number of esters is 1. The molecule has 126 valence electrons. The lowest BCUT2D eigenvalue weighted by Gasteiger charge is -2.19. The highest BCUT2D eigenvalue weighted by Crippen LogP contribution is 2.35. The molecule has 0 spiro atoms. The number of halogens is 1. The monoisotopic (exact) mass is 392 g/mol. The van der Waals surface area contributed by atoms with Gasteiger partial charge in [-0.25, -0.2) is 4.79 Å². The van der Waals surface area contributed by atoms with Gasteiger partial charge in [0.05, 0.1) is 12.2 Å². The number of methoxy groups -OCH3 is 1. The third-order valence-corrected chi connectivity index (χ3v) is 4.28. The number of rotatable bonds is 5. The minimum Gasteiger partial charge on any atom is -0.486 e. The standard InChI is InChI=1S/C18H17BrO5/c1-21-10-12-3-2-4-13(7-12)18(20)24-11-14-8-16-17(9-15(14)19)23-6-5-22-16/h2-4,7-9H,5-6,10-11H2,1H3. The molecule has 0 saturated heterocycles. The molecule has 0 unspecified atom stereocenters. The zero-order valence-electron chi connectivity index (χ0n) is 13.2. The highest BCUT2D eigenvalue weighted by atomic mass is 79.9. The topological polar surface area (TPSA) is 54.0 Å². The fraction of sp³-hybridized carbons (Fsp3) is 0.278. The number of fused-ring (bicyclic) bond motifs is 1. The summed E-state index contributed by atoms with van der Waals surface area (Å²) in [6, 6.07) is 10.9. The van der Waals surface area contributed by atoms with Gasteiger partial charge in [0, 0.05) is 17.1 Å². The van der Waals surface area contributed by atoms with Gasteiger partial charge in [0.15, 0.2) is 11.5 Å². The Balaban J connectivity index is 1.69. The van der Waals surface area contributed by atoms with Crippen molar-refractivity contribution in [2.45, 2.75) is 13.2 Å². The highest BCUT2D eigenvalue weighted by Gasteiger charge is 2.16. The summed E-state index contributed by atoms with van der Waals surface area (Å²) in [6.45, 7) is 1.64. The van der Waals surface area contributed by atoms with Crippen molar-refractivity contribution in [3.63, 3.8) is 0 Å². The summed E-state index contributed by atoms with van der Waals surface area (Å²) in [5, 5.41) is 0. The van der Waals surface area contributed by atoms with Gasteiger partial charge in [-0.1, -0.05) is 28.1 Å². The van der Waals surface area contributed by atoms with Crippen molar-refractivity contribution in [2.75, 3.05) is 20.3 Å². The van der Waals surface area contributed by atoms with Crippen LogP contribution in [0.2, 0.25) is 0 Å². The first-order valence-electron chi connectivity index (χ1n) is 7.50. The van der Waals surface area contributed by atoms with Gasteiger partial charge in [-0.2, -0.15) is 0 Å². The zero-order chi connectivity index (χ0) is 16.9. The van der Waals surface area contributed by atoms with Crippen LogP contribution >= 0.6 is 15.9 Å². The Bertz CT molecular complexity index is 744. The molecule has 3 rings (SSSR count). The minimum atomic E-state index is -0.380. The number of benzene rings is 2. The average molecular weight is 393 g/mol. The molecule has 0 aliphatic carbocycles. The maximum atomic E-state index is 12.2. The second-order valence-electron chi connectivity index (χ2n) is 5.30. The predicted octanol–water partition coefficient (Wildman–Crippen LogP) is 3.72. The second-order valence-corrected chi connectivity index (χ2v) is 6.15. The van der Waals surface area contributed by atoms with Gasteiger partial charge >= 0.3 is 5.97 Å². The SMILES string of the molecule is COCc1cccc(C(=O)OCc2cc3c(cc2Br)OCCO3)c1. The van der Waals surface area contributed by atoms with Crippen LogP contribution in [-0.2, 0) is 22.7 Å². The Morgan fingerprint density at radius 2 is 1.88 bits per heavy atom. The minimum absolute atomic E-state index is 0.143. The molecular formula is C18H17BrO5. The van der Waals surface area contributed by atoms with Gasteiger partial charge < -0.3 is 18.9 Å². The molecule has 0 amide bonds. The van der Waals surface area contributed by atoms with Crippen LogP contribution in [0.4, 0.5) is 0 Å². The molecule has 1 aliphatic rings. The molecule has 0 fully saturated rings. The van der Waals surface area contributed by atoms with Crippen molar-refractivity contribution in [3.05, 3.63) is 57.6 Å². The number of hydrogen-bond donors (Lipinski definition) is 0. The second kappa shape index (κ2) is 7.68. The van der Waals surface area contributed by atoms with Gasteiger partial charge in [-0.05, 0) is 29.8 Å². The fourth-order valence-electron chi connectivity index (χ4n) is 2.40. The summed E-state index contributed by atoms with van der Waals surface area (Å²) in [4.78, 5) is 12.2. The molecule has 0 aromatic heterocycles. The van der Waals surface area contributed by atoms with E-state index in [1.54, 1.807) is 19.2 Å². The van der Waals surface area contributed by atoms with Crippen LogP contribution in [0.15, 0.2) is 40.9 Å². The van der Waals surface area contributed by atoms with E-state index in [1.165, 1.54) is 0 Å². The first-order valence-corrected chi connectivity index (χ1v) is 8.29. The van der Waals surface area contributed by atoms with E-state index in [-0.39, 0.29) is 12.6 Å². The van der Waals surface area contributed by atoms with Gasteiger partial charge in [0.1, 0.15) is 19.8 Å². The molecule has 1 heterocycles. The number of carbonyl (C=O) groups is 1. The lowest BCUT2D eigenvalue weighted by Crippen LogP contribution is -2.15. The van der Waals surface area contributed by atoms with E-state index >= 15 is 0 Å². The van der Waals surface area contributed by atoms with Crippen LogP contribution in [0.3, 0.4) is 0 Å². The van der Waals surface area contributed by atoms with Crippen LogP contribution in [0.1, 0.15) is 21.5 Å². The summed E-state index contributed by atoms with van der Waals surface area (Å²) in [7, 11) is 1.62. The van der Waals surface area contributed by atoms with Crippen molar-refractivity contribution in [1.29, 1.82) is 0 Å². The summed E-state index contributed by atoms with van der Waals surface area (Å²) in [5.74, 6) is 0.975. The smallest absolute Gasteiger partial charge is 0.338 e. The van der Waals surface area contributed by atoms with Gasteiger partial charge in [-0.3, -0.25) is 0 Å². The largest absolute Gasteiger partial charge is 0.486 e. The van der Waals surface area contributed by atoms with Crippen LogP contribution < -0.4 is 9.47 Å². The Morgan fingerprint density at radius 1 is 1.12 bits per heavy atom. The van der Waals surface area contributed by atoms with Crippen LogP contribution in [-0.4, -0.2) is 26.3 Å². The van der Waals surface area contributed by atoms with Crippen LogP contribution in [0.5, 0.6) is 11.5 Å². The van der Waals surface area contributed by atoms with E-state index in [2.05, 4.69) is 15.9 Å². The molecule has 24 heavy (non-hydrogen) atoms. The maximum Gasteiger partial charge on any atom is 0.338 e. The van der Waals surface area contributed by atoms with Crippen LogP contribution in [0, 0.1) is 0 Å². The van der Waals surface area contributed by atoms with Crippen molar-refractivity contribution in [1.82, 2.24) is 0 Å². The molecule has 2 aromatic carbocycles. The number of carbonyl (C=O) groups excluding carboxylic acids is 1. The van der Waals surface area contributed by atoms with Gasteiger partial charge in [0.2, 0.25) is 0 Å². The summed E-state index contributed by atoms with van der Waals surface area (Å²) >= 11 is 3.47. The van der Waals surface area contributed by atoms with E-state index in [9.17, 15) is 4.79 Å². The molecule has 0 N–H and O–H groups in total. The van der Waals surface area contributed by atoms with Crippen LogP contribution in [0.25, 0.3) is 0 Å². The van der Waals surface area contributed by atoms with E-state index in [0.717, 1.165) is 15.6 Å². The number of ether oxygens (including phenoxy) is 4. The van der Waals surface area contributed by atoms with Crippen molar-refractivity contribution < 1.29 is 23.7 Å². The van der Waals surface area contributed by atoms with E-state index in [1.807, 2.05) is 24.3 Å². The first kappa shape index (κ1) is 16.8. The Hall–Kier alpha value is -2.05. The summed E-state index contributed by atoms with van der Waals surface area (Å²) < 4.78 is 22.4. The molecule has 0 bridgehead atoms. The molecule has 5 nitrogen and oxygen atoms in total. The Morgan fingerprint density at radius 3 is 2.62 bits per heavy atom. The normalized spacial score (nSPS) is 12.8. The maximum absolute atomic E-state index is 12.2. The summed E-state index contributed by atoms with van der Waals surface area (Å²) in [5.41, 5.74) is 2.24. The average Bonchev–Trinajstić information content (AvgIpc) is 2.60. The summed E-state index contributed by atoms with van der Waals surface area (Å²) in [6.07, 6.45) is 0. The highest BCUT2D eigenvalue weighted by molar-refractivity contribution is 9.10. The number of hydrogen-bond acceptors (Lipinski definition) is 5. The molecule has 0 radical (unpaired) electrons. The molecule has 6 heteroatoms. The third kappa shape index (κ3) is 3.88. The third-order valence-electron chi connectivity index (χ3n) is 3.54.